The molecule has 0 radical (unpaired) electrons. The number of benzene rings is 1. The van der Waals surface area contributed by atoms with Crippen molar-refractivity contribution in [3.63, 3.8) is 0 Å². The van der Waals surface area contributed by atoms with Crippen molar-refractivity contribution in [1.29, 1.82) is 0 Å². The van der Waals surface area contributed by atoms with Gasteiger partial charge in [-0.1, -0.05) is 43.2 Å². The van der Waals surface area contributed by atoms with Crippen LogP contribution in [0.1, 0.15) is 56.9 Å². The zero-order chi connectivity index (χ0) is 17.3. The van der Waals surface area contributed by atoms with E-state index in [1.165, 1.54) is 44.1 Å². The van der Waals surface area contributed by atoms with E-state index in [1.807, 2.05) is 11.8 Å². The van der Waals surface area contributed by atoms with Crippen LogP contribution in [0.5, 0.6) is 0 Å². The van der Waals surface area contributed by atoms with E-state index in [0.29, 0.717) is 11.7 Å². The molecule has 2 unspecified atom stereocenters. The quantitative estimate of drug-likeness (QED) is 0.661. The molecule has 1 saturated heterocycles. The van der Waals surface area contributed by atoms with Crippen molar-refractivity contribution < 1.29 is 9.53 Å². The van der Waals surface area contributed by atoms with Gasteiger partial charge in [0, 0.05) is 17.5 Å². The summed E-state index contributed by atoms with van der Waals surface area (Å²) in [5, 5.41) is 0.452. The van der Waals surface area contributed by atoms with Gasteiger partial charge in [0.2, 0.25) is 0 Å². The molecule has 3 nitrogen and oxygen atoms in total. The lowest BCUT2D eigenvalue weighted by Crippen LogP contribution is -2.35. The number of hydrogen-bond acceptors (Lipinski definition) is 4. The zero-order valence-electron chi connectivity index (χ0n) is 15.2. The lowest BCUT2D eigenvalue weighted by molar-refractivity contribution is -0.150. The smallest absolute Gasteiger partial charge is 0.307 e. The van der Waals surface area contributed by atoms with Crippen LogP contribution in [0.2, 0.25) is 0 Å². The zero-order valence-corrected chi connectivity index (χ0v) is 16.0. The molecule has 1 aromatic carbocycles. The molecule has 3 rings (SSSR count). The monoisotopic (exact) mass is 361 g/mol. The molecule has 2 atom stereocenters. The Morgan fingerprint density at radius 1 is 1.04 bits per heavy atom. The highest BCUT2D eigenvalue weighted by Gasteiger charge is 2.28. The fraction of sp³-hybridized carbons (Fsp3) is 0.667. The minimum Gasteiger partial charge on any atom is -0.461 e. The Balaban J connectivity index is 1.42. The maximum absolute atomic E-state index is 12.3. The number of rotatable bonds is 7. The second-order valence-corrected chi connectivity index (χ2v) is 8.53. The fourth-order valence-electron chi connectivity index (χ4n) is 3.83. The van der Waals surface area contributed by atoms with E-state index in [9.17, 15) is 4.79 Å². The second-order valence-electron chi connectivity index (χ2n) is 7.30. The average Bonchev–Trinajstić information content (AvgIpc) is 2.67. The third-order valence-corrected chi connectivity index (χ3v) is 6.78. The minimum absolute atomic E-state index is 0.00258. The molecule has 1 aromatic rings. The lowest BCUT2D eigenvalue weighted by Gasteiger charge is -2.31. The first-order valence-corrected chi connectivity index (χ1v) is 10.9. The van der Waals surface area contributed by atoms with Crippen LogP contribution in [-0.2, 0) is 15.3 Å². The van der Waals surface area contributed by atoms with E-state index in [4.69, 9.17) is 4.74 Å². The number of hydrogen-bond donors (Lipinski definition) is 0. The Kier molecular flexibility index (Phi) is 7.68. The molecule has 1 heterocycles. The van der Waals surface area contributed by atoms with E-state index in [1.54, 1.807) is 0 Å². The van der Waals surface area contributed by atoms with Crippen molar-refractivity contribution in [3.8, 4) is 0 Å². The Bertz CT molecular complexity index is 516. The number of piperidine rings is 1. The highest BCUT2D eigenvalue weighted by Crippen LogP contribution is 2.33. The van der Waals surface area contributed by atoms with E-state index in [0.717, 1.165) is 31.8 Å². The number of carbonyl (C=O) groups excluding carboxylic acids is 1. The predicted octanol–water partition coefficient (Wildman–Crippen LogP) is 4.65. The maximum atomic E-state index is 12.3. The first kappa shape index (κ1) is 18.8. The van der Waals surface area contributed by atoms with Crippen LogP contribution in [0.25, 0.3) is 0 Å². The molecule has 1 aliphatic heterocycles. The van der Waals surface area contributed by atoms with Gasteiger partial charge in [0.25, 0.3) is 0 Å². The molecule has 0 bridgehead atoms. The number of likely N-dealkylation sites (tertiary alicyclic amines) is 1. The standard InChI is InChI=1S/C21H31NO2S/c23-21(13-16-22-14-7-2-8-15-22)24-19-11-5-6-12-20(19)25-17-18-9-3-1-4-10-18/h1,3-4,9-10,19-20H,2,5-8,11-17H2. The molecule has 0 amide bonds. The Hall–Kier alpha value is -1.00. The van der Waals surface area contributed by atoms with Gasteiger partial charge in [0.15, 0.2) is 0 Å². The van der Waals surface area contributed by atoms with Gasteiger partial charge in [-0.05, 0) is 50.8 Å². The van der Waals surface area contributed by atoms with Crippen molar-refractivity contribution >= 4 is 17.7 Å². The van der Waals surface area contributed by atoms with Crippen LogP contribution in [0.15, 0.2) is 30.3 Å². The average molecular weight is 362 g/mol. The molecule has 1 saturated carbocycles. The largest absolute Gasteiger partial charge is 0.461 e. The third kappa shape index (κ3) is 6.34. The van der Waals surface area contributed by atoms with Gasteiger partial charge in [0.05, 0.1) is 6.42 Å². The van der Waals surface area contributed by atoms with Crippen LogP contribution in [0, 0.1) is 0 Å². The van der Waals surface area contributed by atoms with Crippen LogP contribution in [-0.4, -0.2) is 41.9 Å². The molecule has 4 heteroatoms. The molecule has 0 spiro atoms. The summed E-state index contributed by atoms with van der Waals surface area (Å²) in [6, 6.07) is 10.6. The summed E-state index contributed by atoms with van der Waals surface area (Å²) in [4.78, 5) is 14.7. The predicted molar refractivity (Wildman–Crippen MR) is 105 cm³/mol. The van der Waals surface area contributed by atoms with Gasteiger partial charge in [-0.3, -0.25) is 4.79 Å². The van der Waals surface area contributed by atoms with Gasteiger partial charge in [-0.15, -0.1) is 11.8 Å². The van der Waals surface area contributed by atoms with Crippen molar-refractivity contribution in [2.75, 3.05) is 19.6 Å². The fourth-order valence-corrected chi connectivity index (χ4v) is 5.16. The second kappa shape index (κ2) is 10.2. The topological polar surface area (TPSA) is 29.5 Å². The SMILES string of the molecule is O=C(CCN1CCCCC1)OC1CCCCC1SCc1ccccc1. The Morgan fingerprint density at radius 3 is 2.60 bits per heavy atom. The number of nitrogens with zero attached hydrogens (tertiary/aromatic N) is 1. The van der Waals surface area contributed by atoms with E-state index in [2.05, 4.69) is 35.2 Å². The summed E-state index contributed by atoms with van der Waals surface area (Å²) in [6.07, 6.45) is 9.18. The number of carbonyl (C=O) groups is 1. The Morgan fingerprint density at radius 2 is 1.80 bits per heavy atom. The summed E-state index contributed by atoms with van der Waals surface area (Å²) in [7, 11) is 0. The van der Waals surface area contributed by atoms with Crippen LogP contribution < -0.4 is 0 Å². The summed E-state index contributed by atoms with van der Waals surface area (Å²) in [5.41, 5.74) is 1.35. The summed E-state index contributed by atoms with van der Waals surface area (Å²) < 4.78 is 5.90. The lowest BCUT2D eigenvalue weighted by atomic mass is 9.97. The first-order chi connectivity index (χ1) is 12.3. The number of thioether (sulfide) groups is 1. The summed E-state index contributed by atoms with van der Waals surface area (Å²) in [5.74, 6) is 1.01. The van der Waals surface area contributed by atoms with Crippen LogP contribution in [0.4, 0.5) is 0 Å². The first-order valence-electron chi connectivity index (χ1n) is 9.88. The molecular weight excluding hydrogens is 330 g/mol. The third-order valence-electron chi connectivity index (χ3n) is 5.31. The molecule has 0 aromatic heterocycles. The van der Waals surface area contributed by atoms with Gasteiger partial charge < -0.3 is 9.64 Å². The summed E-state index contributed by atoms with van der Waals surface area (Å²) in [6.45, 7) is 3.16. The molecule has 1 aliphatic carbocycles. The normalized spacial score (nSPS) is 24.8. The molecule has 25 heavy (non-hydrogen) atoms. The van der Waals surface area contributed by atoms with Crippen molar-refractivity contribution in [2.45, 2.75) is 68.5 Å². The Labute approximate surface area is 156 Å². The molecule has 2 fully saturated rings. The van der Waals surface area contributed by atoms with Gasteiger partial charge in [-0.2, -0.15) is 0 Å². The minimum atomic E-state index is 0.00258. The van der Waals surface area contributed by atoms with Gasteiger partial charge in [0.1, 0.15) is 6.10 Å². The number of esters is 1. The van der Waals surface area contributed by atoms with Crippen molar-refractivity contribution in [2.24, 2.45) is 0 Å². The summed E-state index contributed by atoms with van der Waals surface area (Å²) >= 11 is 1.96. The molecule has 2 aliphatic rings. The number of ether oxygens (including phenoxy) is 1. The highest BCUT2D eigenvalue weighted by atomic mass is 32.2. The molecule has 0 N–H and O–H groups in total. The van der Waals surface area contributed by atoms with E-state index < -0.39 is 0 Å². The van der Waals surface area contributed by atoms with E-state index in [-0.39, 0.29) is 12.1 Å². The van der Waals surface area contributed by atoms with Gasteiger partial charge in [-0.25, -0.2) is 0 Å². The highest BCUT2D eigenvalue weighted by molar-refractivity contribution is 7.99. The van der Waals surface area contributed by atoms with Crippen molar-refractivity contribution in [1.82, 2.24) is 4.90 Å². The van der Waals surface area contributed by atoms with E-state index >= 15 is 0 Å². The molecular formula is C21H31NO2S. The molecule has 138 valence electrons. The van der Waals surface area contributed by atoms with Crippen LogP contribution >= 0.6 is 11.8 Å². The van der Waals surface area contributed by atoms with Crippen molar-refractivity contribution in [3.05, 3.63) is 35.9 Å². The maximum Gasteiger partial charge on any atom is 0.307 e. The van der Waals surface area contributed by atoms with Crippen LogP contribution in [0.3, 0.4) is 0 Å². The van der Waals surface area contributed by atoms with Gasteiger partial charge >= 0.3 is 5.97 Å².